The Hall–Kier alpha value is -3.24. The van der Waals surface area contributed by atoms with Crippen molar-refractivity contribution in [1.82, 2.24) is 19.7 Å². The number of methoxy groups -OCH3 is 1. The summed E-state index contributed by atoms with van der Waals surface area (Å²) in [6.45, 7) is 4.48. The number of piperidine rings is 1. The third kappa shape index (κ3) is 5.23. The average Bonchev–Trinajstić information content (AvgIpc) is 3.54. The van der Waals surface area contributed by atoms with Gasteiger partial charge in [0.15, 0.2) is 22.5 Å². The number of hydrogen-bond acceptors (Lipinski definition) is 8. The molecule has 0 unspecified atom stereocenters. The molecule has 0 spiro atoms. The lowest BCUT2D eigenvalue weighted by Gasteiger charge is -2.31. The van der Waals surface area contributed by atoms with Crippen LogP contribution in [0.25, 0.3) is 5.69 Å². The summed E-state index contributed by atoms with van der Waals surface area (Å²) in [5.74, 6) is 3.02. The molecule has 0 bridgehead atoms. The molecule has 1 N–H and O–H groups in total. The topological polar surface area (TPSA) is 90.7 Å². The van der Waals surface area contributed by atoms with Crippen LogP contribution in [0.5, 0.6) is 17.2 Å². The van der Waals surface area contributed by atoms with Gasteiger partial charge < -0.3 is 19.5 Å². The Morgan fingerprint density at radius 2 is 1.86 bits per heavy atom. The number of nitrogens with zero attached hydrogens (tertiary/aromatic N) is 4. The molecule has 0 radical (unpaired) electrons. The predicted octanol–water partition coefficient (Wildman–Crippen LogP) is 4.28. The third-order valence-electron chi connectivity index (χ3n) is 6.29. The van der Waals surface area contributed by atoms with Crippen molar-refractivity contribution in [2.24, 2.45) is 0 Å². The standard InChI is InChI=1S/C25H29N5O4S/c1-17(29-12-4-3-5-13-29)24-27-28-25(30(24)19-7-9-20(32-2)10-8-19)35-15-23(31)26-18-6-11-21-22(14-18)34-16-33-21/h6-11,14,17H,3-5,12-13,15-16H2,1-2H3,(H,26,31)/t17-/m1/s1. The second-order valence-electron chi connectivity index (χ2n) is 8.55. The highest BCUT2D eigenvalue weighted by molar-refractivity contribution is 7.99. The second kappa shape index (κ2) is 10.6. The van der Waals surface area contributed by atoms with Gasteiger partial charge in [-0.05, 0) is 69.3 Å². The van der Waals surface area contributed by atoms with Gasteiger partial charge in [-0.3, -0.25) is 14.3 Å². The fourth-order valence-electron chi connectivity index (χ4n) is 4.39. The lowest BCUT2D eigenvalue weighted by molar-refractivity contribution is -0.113. The first-order chi connectivity index (χ1) is 17.1. The van der Waals surface area contributed by atoms with Crippen molar-refractivity contribution in [2.75, 3.05) is 38.1 Å². The lowest BCUT2D eigenvalue weighted by Crippen LogP contribution is -2.33. The van der Waals surface area contributed by atoms with Gasteiger partial charge in [-0.25, -0.2) is 0 Å². The zero-order valence-electron chi connectivity index (χ0n) is 19.9. The Labute approximate surface area is 208 Å². The summed E-state index contributed by atoms with van der Waals surface area (Å²) in [5.41, 5.74) is 1.60. The minimum absolute atomic E-state index is 0.113. The Morgan fingerprint density at radius 3 is 2.63 bits per heavy atom. The molecule has 1 fully saturated rings. The smallest absolute Gasteiger partial charge is 0.234 e. The van der Waals surface area contributed by atoms with Crippen molar-refractivity contribution in [2.45, 2.75) is 37.4 Å². The first-order valence-corrected chi connectivity index (χ1v) is 12.8. The number of carbonyl (C=O) groups is 1. The van der Waals surface area contributed by atoms with E-state index in [1.165, 1.54) is 31.0 Å². The van der Waals surface area contributed by atoms with Gasteiger partial charge in [0.1, 0.15) is 5.75 Å². The van der Waals surface area contributed by atoms with Gasteiger partial charge in [0.05, 0.1) is 18.9 Å². The molecular weight excluding hydrogens is 466 g/mol. The number of benzene rings is 2. The van der Waals surface area contributed by atoms with Crippen molar-refractivity contribution in [1.29, 1.82) is 0 Å². The van der Waals surface area contributed by atoms with E-state index < -0.39 is 0 Å². The van der Waals surface area contributed by atoms with Crippen molar-refractivity contribution in [3.8, 4) is 22.9 Å². The Balaban J connectivity index is 1.34. The van der Waals surface area contributed by atoms with E-state index in [0.29, 0.717) is 22.3 Å². The minimum atomic E-state index is -0.135. The quantitative estimate of drug-likeness (QED) is 0.463. The predicted molar refractivity (Wildman–Crippen MR) is 134 cm³/mol. The average molecular weight is 496 g/mol. The molecule has 1 aromatic heterocycles. The zero-order chi connectivity index (χ0) is 24.2. The van der Waals surface area contributed by atoms with Gasteiger partial charge in [0.25, 0.3) is 0 Å². The summed E-state index contributed by atoms with van der Waals surface area (Å²) < 4.78 is 18.1. The van der Waals surface area contributed by atoms with Crippen molar-refractivity contribution in [3.63, 3.8) is 0 Å². The van der Waals surface area contributed by atoms with Crippen LogP contribution in [0.15, 0.2) is 47.6 Å². The first-order valence-electron chi connectivity index (χ1n) is 11.8. The van der Waals surface area contributed by atoms with Crippen LogP contribution in [0.4, 0.5) is 5.69 Å². The number of likely N-dealkylation sites (tertiary alicyclic amines) is 1. The number of aromatic nitrogens is 3. The summed E-state index contributed by atoms with van der Waals surface area (Å²) >= 11 is 1.36. The summed E-state index contributed by atoms with van der Waals surface area (Å²) in [5, 5.41) is 12.6. The van der Waals surface area contributed by atoms with Gasteiger partial charge in [-0.15, -0.1) is 10.2 Å². The van der Waals surface area contributed by atoms with E-state index in [4.69, 9.17) is 14.2 Å². The van der Waals surface area contributed by atoms with Gasteiger partial charge >= 0.3 is 0 Å². The molecule has 10 heteroatoms. The van der Waals surface area contributed by atoms with E-state index in [1.54, 1.807) is 25.3 Å². The highest BCUT2D eigenvalue weighted by atomic mass is 32.2. The van der Waals surface area contributed by atoms with E-state index in [9.17, 15) is 4.79 Å². The molecule has 3 aromatic rings. The molecule has 1 atom stereocenters. The van der Waals surface area contributed by atoms with E-state index in [1.807, 2.05) is 24.3 Å². The van der Waals surface area contributed by atoms with Crippen LogP contribution in [0.3, 0.4) is 0 Å². The molecule has 2 aliphatic heterocycles. The largest absolute Gasteiger partial charge is 0.497 e. The van der Waals surface area contributed by atoms with E-state index in [-0.39, 0.29) is 24.5 Å². The summed E-state index contributed by atoms with van der Waals surface area (Å²) in [4.78, 5) is 15.2. The molecule has 0 saturated carbocycles. The molecular formula is C25H29N5O4S. The molecule has 1 amide bonds. The van der Waals surface area contributed by atoms with Crippen molar-refractivity contribution < 1.29 is 19.0 Å². The zero-order valence-corrected chi connectivity index (χ0v) is 20.7. The lowest BCUT2D eigenvalue weighted by atomic mass is 10.1. The molecule has 184 valence electrons. The number of rotatable bonds is 8. The number of anilines is 1. The Morgan fingerprint density at radius 1 is 1.09 bits per heavy atom. The monoisotopic (exact) mass is 495 g/mol. The number of carbonyl (C=O) groups excluding carboxylic acids is 1. The molecule has 0 aliphatic carbocycles. The summed E-state index contributed by atoms with van der Waals surface area (Å²) in [7, 11) is 1.65. The Bertz CT molecular complexity index is 1180. The summed E-state index contributed by atoms with van der Waals surface area (Å²) in [6.07, 6.45) is 3.67. The van der Waals surface area contributed by atoms with Crippen LogP contribution in [-0.4, -0.2) is 58.3 Å². The number of amides is 1. The van der Waals surface area contributed by atoms with Gasteiger partial charge in [0.2, 0.25) is 12.7 Å². The normalized spacial score (nSPS) is 16.2. The molecule has 35 heavy (non-hydrogen) atoms. The molecule has 9 nitrogen and oxygen atoms in total. The maximum absolute atomic E-state index is 12.7. The fraction of sp³-hybridized carbons (Fsp3) is 0.400. The van der Waals surface area contributed by atoms with E-state index >= 15 is 0 Å². The number of thioether (sulfide) groups is 1. The molecule has 5 rings (SSSR count). The molecule has 2 aliphatic rings. The van der Waals surface area contributed by atoms with Gasteiger partial charge in [-0.2, -0.15) is 0 Å². The van der Waals surface area contributed by atoms with Crippen LogP contribution in [-0.2, 0) is 4.79 Å². The van der Waals surface area contributed by atoms with Crippen LogP contribution in [0.2, 0.25) is 0 Å². The first kappa shape index (κ1) is 23.5. The highest BCUT2D eigenvalue weighted by Gasteiger charge is 2.26. The molecule has 3 heterocycles. The maximum Gasteiger partial charge on any atom is 0.234 e. The van der Waals surface area contributed by atoms with Crippen LogP contribution >= 0.6 is 11.8 Å². The maximum atomic E-state index is 12.7. The second-order valence-corrected chi connectivity index (χ2v) is 9.49. The van der Waals surface area contributed by atoms with Crippen LogP contribution in [0.1, 0.15) is 38.1 Å². The molecule has 2 aromatic carbocycles. The van der Waals surface area contributed by atoms with Crippen LogP contribution in [0, 0.1) is 0 Å². The number of fused-ring (bicyclic) bond motifs is 1. The van der Waals surface area contributed by atoms with Crippen molar-refractivity contribution >= 4 is 23.4 Å². The van der Waals surface area contributed by atoms with E-state index in [0.717, 1.165) is 30.4 Å². The Kier molecular flexibility index (Phi) is 7.10. The number of ether oxygens (including phenoxy) is 3. The third-order valence-corrected chi connectivity index (χ3v) is 7.22. The highest BCUT2D eigenvalue weighted by Crippen LogP contribution is 2.34. The van der Waals surface area contributed by atoms with Gasteiger partial charge in [-0.1, -0.05) is 18.2 Å². The number of nitrogens with one attached hydrogen (secondary N) is 1. The SMILES string of the molecule is COc1ccc(-n2c(SCC(=O)Nc3ccc4c(c3)OCO4)nnc2[C@@H](C)N2CCCCC2)cc1. The van der Waals surface area contributed by atoms with Crippen molar-refractivity contribution in [3.05, 3.63) is 48.3 Å². The number of hydrogen-bond donors (Lipinski definition) is 1. The van der Waals surface area contributed by atoms with E-state index in [2.05, 4.69) is 31.9 Å². The van der Waals surface area contributed by atoms with Gasteiger partial charge in [0, 0.05) is 17.4 Å². The molecule has 1 saturated heterocycles. The van der Waals surface area contributed by atoms with Crippen LogP contribution < -0.4 is 19.5 Å². The fourth-order valence-corrected chi connectivity index (χ4v) is 5.15. The summed E-state index contributed by atoms with van der Waals surface area (Å²) in [6, 6.07) is 13.3. The minimum Gasteiger partial charge on any atom is -0.497 e.